The second-order valence-corrected chi connectivity index (χ2v) is 5.29. The Morgan fingerprint density at radius 3 is 2.59 bits per heavy atom. The number of amidine groups is 1. The highest BCUT2D eigenvalue weighted by Gasteiger charge is 2.44. The van der Waals surface area contributed by atoms with Crippen LogP contribution in [0.3, 0.4) is 0 Å². The van der Waals surface area contributed by atoms with E-state index in [2.05, 4.69) is 10.3 Å². The van der Waals surface area contributed by atoms with Crippen molar-refractivity contribution in [2.24, 2.45) is 10.9 Å². The molecule has 1 aliphatic heterocycles. The van der Waals surface area contributed by atoms with Crippen molar-refractivity contribution in [3.8, 4) is 0 Å². The zero-order chi connectivity index (χ0) is 12.5. The molecule has 1 atom stereocenters. The number of nitrogens with one attached hydrogen (secondary N) is 1. The van der Waals surface area contributed by atoms with Gasteiger partial charge in [0.25, 0.3) is 0 Å². The number of hydrogen-bond donors (Lipinski definition) is 1. The smallest absolute Gasteiger partial charge is 0.250 e. The molecule has 0 aromatic carbocycles. The van der Waals surface area contributed by atoms with Gasteiger partial charge in [0.2, 0.25) is 5.91 Å². The van der Waals surface area contributed by atoms with Gasteiger partial charge in [-0.25, -0.2) is 0 Å². The van der Waals surface area contributed by atoms with E-state index in [9.17, 15) is 4.79 Å². The monoisotopic (exact) mass is 238 g/mol. The molecule has 0 radical (unpaired) electrons. The van der Waals surface area contributed by atoms with Gasteiger partial charge in [0.1, 0.15) is 17.5 Å². The van der Waals surface area contributed by atoms with E-state index in [0.717, 1.165) is 31.5 Å². The van der Waals surface area contributed by atoms with Gasteiger partial charge in [-0.05, 0) is 38.5 Å². The van der Waals surface area contributed by atoms with E-state index < -0.39 is 0 Å². The van der Waals surface area contributed by atoms with E-state index in [1.165, 1.54) is 0 Å². The van der Waals surface area contributed by atoms with Crippen LogP contribution in [0.1, 0.15) is 46.5 Å². The molecule has 0 bridgehead atoms. The molecule has 0 aromatic heterocycles. The summed E-state index contributed by atoms with van der Waals surface area (Å²) in [5.41, 5.74) is -0.311. The van der Waals surface area contributed by atoms with Crippen molar-refractivity contribution in [1.29, 1.82) is 0 Å². The molecule has 0 spiro atoms. The largest absolute Gasteiger partial charge is 0.367 e. The predicted molar refractivity (Wildman–Crippen MR) is 67.0 cm³/mol. The van der Waals surface area contributed by atoms with Crippen LogP contribution in [0.25, 0.3) is 0 Å². The molecule has 1 aliphatic carbocycles. The molecule has 0 saturated heterocycles. The first-order valence-electron chi connectivity index (χ1n) is 6.62. The first kappa shape index (κ1) is 12.6. The van der Waals surface area contributed by atoms with E-state index in [1.54, 1.807) is 0 Å². The maximum atomic E-state index is 11.8. The molecule has 2 aliphatic rings. The maximum Gasteiger partial charge on any atom is 0.250 e. The first-order chi connectivity index (χ1) is 8.09. The van der Waals surface area contributed by atoms with Gasteiger partial charge < -0.3 is 10.1 Å². The first-order valence-corrected chi connectivity index (χ1v) is 6.62. The fourth-order valence-corrected chi connectivity index (χ4v) is 2.78. The standard InChI is InChI=1S/C13H22N2O2/c1-4-17-13(7-5-6-8-13)12-14-10(9(2)3)11(16)15-12/h9-10H,4-8H2,1-3H3,(H,14,15,16). The number of hydrogen-bond acceptors (Lipinski definition) is 3. The van der Waals surface area contributed by atoms with Gasteiger partial charge in [0.05, 0.1) is 0 Å². The minimum Gasteiger partial charge on any atom is -0.367 e. The molecular formula is C13H22N2O2. The second-order valence-electron chi connectivity index (χ2n) is 5.29. The number of carbonyl (C=O) groups is 1. The van der Waals surface area contributed by atoms with Crippen molar-refractivity contribution in [2.75, 3.05) is 6.61 Å². The molecule has 4 heteroatoms. The molecule has 1 N–H and O–H groups in total. The molecule has 2 rings (SSSR count). The Hall–Kier alpha value is -0.900. The Balaban J connectivity index is 2.21. The van der Waals surface area contributed by atoms with Crippen LogP contribution in [0.15, 0.2) is 4.99 Å². The number of aliphatic imine (C=N–C) groups is 1. The lowest BCUT2D eigenvalue weighted by molar-refractivity contribution is -0.121. The van der Waals surface area contributed by atoms with Gasteiger partial charge in [0, 0.05) is 6.61 Å². The van der Waals surface area contributed by atoms with E-state index in [4.69, 9.17) is 4.74 Å². The lowest BCUT2D eigenvalue weighted by atomic mass is 10.0. The lowest BCUT2D eigenvalue weighted by Crippen LogP contribution is -2.46. The normalized spacial score (nSPS) is 27.4. The summed E-state index contributed by atoms with van der Waals surface area (Å²) in [6.07, 6.45) is 4.26. The highest BCUT2D eigenvalue weighted by Crippen LogP contribution is 2.35. The Morgan fingerprint density at radius 1 is 1.47 bits per heavy atom. The van der Waals surface area contributed by atoms with Gasteiger partial charge in [-0.1, -0.05) is 13.8 Å². The average molecular weight is 238 g/mol. The minimum absolute atomic E-state index is 0.0287. The molecule has 96 valence electrons. The summed E-state index contributed by atoms with van der Waals surface area (Å²) in [5.74, 6) is 1.05. The molecule has 1 amide bonds. The quantitative estimate of drug-likeness (QED) is 0.813. The van der Waals surface area contributed by atoms with Crippen molar-refractivity contribution in [3.63, 3.8) is 0 Å². The van der Waals surface area contributed by atoms with Crippen LogP contribution in [-0.2, 0) is 9.53 Å². The average Bonchev–Trinajstić information content (AvgIpc) is 2.86. The number of rotatable bonds is 4. The van der Waals surface area contributed by atoms with Crippen LogP contribution < -0.4 is 5.32 Å². The third kappa shape index (κ3) is 2.23. The Labute approximate surface area is 103 Å². The molecule has 0 aromatic rings. The SMILES string of the molecule is CCOC1(C2=NC(C(C)C)C(=O)N2)CCCC1. The minimum atomic E-state index is -0.311. The van der Waals surface area contributed by atoms with E-state index in [-0.39, 0.29) is 23.5 Å². The number of carbonyl (C=O) groups excluding carboxylic acids is 1. The summed E-state index contributed by atoms with van der Waals surface area (Å²) < 4.78 is 5.91. The highest BCUT2D eigenvalue weighted by atomic mass is 16.5. The lowest BCUT2D eigenvalue weighted by Gasteiger charge is -2.28. The van der Waals surface area contributed by atoms with E-state index in [0.29, 0.717) is 6.61 Å². The third-order valence-corrected chi connectivity index (χ3v) is 3.67. The van der Waals surface area contributed by atoms with Crippen LogP contribution in [0.2, 0.25) is 0 Å². The van der Waals surface area contributed by atoms with Crippen molar-refractivity contribution in [3.05, 3.63) is 0 Å². The molecule has 4 nitrogen and oxygen atoms in total. The number of amides is 1. The molecule has 1 saturated carbocycles. The number of nitrogens with zero attached hydrogens (tertiary/aromatic N) is 1. The van der Waals surface area contributed by atoms with Crippen molar-refractivity contribution in [1.82, 2.24) is 5.32 Å². The predicted octanol–water partition coefficient (Wildman–Crippen LogP) is 1.89. The Bertz CT molecular complexity index is 330. The maximum absolute atomic E-state index is 11.8. The summed E-state index contributed by atoms with van der Waals surface area (Å²) in [4.78, 5) is 16.4. The topological polar surface area (TPSA) is 50.7 Å². The van der Waals surface area contributed by atoms with Gasteiger partial charge in [-0.3, -0.25) is 9.79 Å². The third-order valence-electron chi connectivity index (χ3n) is 3.67. The Kier molecular flexibility index (Phi) is 3.52. The second kappa shape index (κ2) is 4.77. The summed E-state index contributed by atoms with van der Waals surface area (Å²) in [7, 11) is 0. The van der Waals surface area contributed by atoms with Crippen LogP contribution in [0.4, 0.5) is 0 Å². The fourth-order valence-electron chi connectivity index (χ4n) is 2.78. The summed E-state index contributed by atoms with van der Waals surface area (Å²) in [6.45, 7) is 6.72. The zero-order valence-electron chi connectivity index (χ0n) is 11.0. The zero-order valence-corrected chi connectivity index (χ0v) is 11.0. The summed E-state index contributed by atoms with van der Waals surface area (Å²) in [6, 6.07) is -0.233. The van der Waals surface area contributed by atoms with Crippen LogP contribution in [-0.4, -0.2) is 30.0 Å². The van der Waals surface area contributed by atoms with E-state index >= 15 is 0 Å². The molecular weight excluding hydrogens is 216 g/mol. The molecule has 1 fully saturated rings. The van der Waals surface area contributed by atoms with Crippen LogP contribution in [0, 0.1) is 5.92 Å². The Morgan fingerprint density at radius 2 is 2.12 bits per heavy atom. The van der Waals surface area contributed by atoms with Gasteiger partial charge in [-0.2, -0.15) is 0 Å². The van der Waals surface area contributed by atoms with Gasteiger partial charge >= 0.3 is 0 Å². The highest BCUT2D eigenvalue weighted by molar-refractivity contribution is 6.09. The molecule has 1 heterocycles. The number of ether oxygens (including phenoxy) is 1. The summed E-state index contributed by atoms with van der Waals surface area (Å²) in [5, 5.41) is 2.94. The van der Waals surface area contributed by atoms with Crippen molar-refractivity contribution >= 4 is 11.7 Å². The van der Waals surface area contributed by atoms with Crippen molar-refractivity contribution < 1.29 is 9.53 Å². The fraction of sp³-hybridized carbons (Fsp3) is 0.846. The summed E-state index contributed by atoms with van der Waals surface area (Å²) >= 11 is 0. The van der Waals surface area contributed by atoms with Crippen LogP contribution >= 0.6 is 0 Å². The van der Waals surface area contributed by atoms with E-state index in [1.807, 2.05) is 20.8 Å². The molecule has 1 unspecified atom stereocenters. The van der Waals surface area contributed by atoms with Gasteiger partial charge in [0.15, 0.2) is 0 Å². The van der Waals surface area contributed by atoms with Crippen molar-refractivity contribution in [2.45, 2.75) is 58.1 Å². The molecule has 17 heavy (non-hydrogen) atoms. The van der Waals surface area contributed by atoms with Gasteiger partial charge in [-0.15, -0.1) is 0 Å². The van der Waals surface area contributed by atoms with Crippen LogP contribution in [0.5, 0.6) is 0 Å².